The maximum Gasteiger partial charge on any atom is 0.248 e. The zero-order valence-corrected chi connectivity index (χ0v) is 20.9. The van der Waals surface area contributed by atoms with E-state index in [-0.39, 0.29) is 36.2 Å². The van der Waals surface area contributed by atoms with Crippen molar-refractivity contribution in [2.45, 2.75) is 35.7 Å². The molecule has 36 heavy (non-hydrogen) atoms. The van der Waals surface area contributed by atoms with Gasteiger partial charge in [0, 0.05) is 25.4 Å². The number of likely N-dealkylation sites (N-methyl/N-ethyl adjacent to an activating group) is 1. The predicted octanol–water partition coefficient (Wildman–Crippen LogP) is 0.494. The Morgan fingerprint density at radius 3 is 2.75 bits per heavy atom. The summed E-state index contributed by atoms with van der Waals surface area (Å²) >= 11 is 1.53. The van der Waals surface area contributed by atoms with Crippen LogP contribution in [0.25, 0.3) is 11.0 Å². The van der Waals surface area contributed by atoms with Gasteiger partial charge in [-0.1, -0.05) is 41.7 Å². The van der Waals surface area contributed by atoms with Crippen LogP contribution in [-0.4, -0.2) is 101 Å². The molecule has 4 aliphatic rings. The van der Waals surface area contributed by atoms with Crippen LogP contribution in [0.1, 0.15) is 6.92 Å². The Morgan fingerprint density at radius 1 is 1.14 bits per heavy atom. The first-order chi connectivity index (χ1) is 17.4. The van der Waals surface area contributed by atoms with Crippen LogP contribution in [-0.2, 0) is 21.1 Å². The van der Waals surface area contributed by atoms with Crippen molar-refractivity contribution in [3.05, 3.63) is 48.6 Å². The third-order valence-electron chi connectivity index (χ3n) is 7.85. The highest BCUT2D eigenvalue weighted by atomic mass is 32.2. The van der Waals surface area contributed by atoms with E-state index in [9.17, 15) is 19.5 Å². The second kappa shape index (κ2) is 8.45. The van der Waals surface area contributed by atoms with Crippen LogP contribution in [0, 0.1) is 11.8 Å². The van der Waals surface area contributed by atoms with Crippen molar-refractivity contribution < 1.29 is 19.5 Å². The monoisotopic (exact) mass is 508 g/mol. The number of benzene rings is 1. The smallest absolute Gasteiger partial charge is 0.248 e. The first-order valence-corrected chi connectivity index (χ1v) is 13.0. The standard InChI is InChI=1S/C25H28N6O4S/c1-15(13-32)31-21-24(35)29(14-30-17-8-4-3-7-16(17)26-27-30)12-6-10-25(21)20(23(31)34)19-18(36-25)9-5-11-28(2)22(19)33/h3-10,15,18-21,32H,11-14H2,1-2H3/t15-,18-,19+,20+,21?,25+/m1/s1. The van der Waals surface area contributed by atoms with Crippen LogP contribution in [0.3, 0.4) is 0 Å². The summed E-state index contributed by atoms with van der Waals surface area (Å²) in [5.41, 5.74) is 1.55. The maximum atomic E-state index is 14.2. The van der Waals surface area contributed by atoms with Gasteiger partial charge in [0.05, 0.1) is 34.7 Å². The fourth-order valence-electron chi connectivity index (χ4n) is 6.12. The van der Waals surface area contributed by atoms with E-state index in [1.165, 1.54) is 16.7 Å². The number of carbonyl (C=O) groups excluding carboxylic acids is 3. The summed E-state index contributed by atoms with van der Waals surface area (Å²) in [6.07, 6.45) is 7.88. The van der Waals surface area contributed by atoms with Crippen LogP contribution >= 0.6 is 11.8 Å². The van der Waals surface area contributed by atoms with Gasteiger partial charge in [-0.25, -0.2) is 4.68 Å². The number of fused-ring (bicyclic) bond motifs is 3. The number of aliphatic hydroxyl groups is 1. The lowest BCUT2D eigenvalue weighted by Crippen LogP contribution is -2.56. The summed E-state index contributed by atoms with van der Waals surface area (Å²) < 4.78 is 0.782. The molecule has 2 saturated heterocycles. The molecule has 5 heterocycles. The lowest BCUT2D eigenvalue weighted by Gasteiger charge is -2.37. The number of hydrogen-bond donors (Lipinski definition) is 1. The number of aromatic nitrogens is 3. The number of amides is 3. The van der Waals surface area contributed by atoms with Gasteiger partial charge in [0.2, 0.25) is 17.7 Å². The van der Waals surface area contributed by atoms with Crippen molar-refractivity contribution in [2.75, 3.05) is 26.7 Å². The Labute approximate surface area is 212 Å². The fourth-order valence-corrected chi connectivity index (χ4v) is 8.12. The molecule has 1 unspecified atom stereocenters. The molecule has 1 aromatic heterocycles. The van der Waals surface area contributed by atoms with E-state index in [2.05, 4.69) is 10.3 Å². The minimum Gasteiger partial charge on any atom is -0.394 e. The molecular weight excluding hydrogens is 480 g/mol. The van der Waals surface area contributed by atoms with Gasteiger partial charge in [-0.2, -0.15) is 0 Å². The van der Waals surface area contributed by atoms with Gasteiger partial charge in [0.25, 0.3) is 0 Å². The Bertz CT molecular complexity index is 1310. The second-order valence-electron chi connectivity index (χ2n) is 9.95. The van der Waals surface area contributed by atoms with E-state index in [1.54, 1.807) is 28.5 Å². The second-order valence-corrected chi connectivity index (χ2v) is 11.4. The molecule has 0 saturated carbocycles. The summed E-state index contributed by atoms with van der Waals surface area (Å²) in [6.45, 7) is 2.48. The van der Waals surface area contributed by atoms with Crippen molar-refractivity contribution in [3.8, 4) is 0 Å². The molecule has 6 atom stereocenters. The molecule has 2 aromatic rings. The normalized spacial score (nSPS) is 32.5. The first kappa shape index (κ1) is 23.2. The maximum absolute atomic E-state index is 14.2. The molecule has 3 amide bonds. The van der Waals surface area contributed by atoms with Crippen molar-refractivity contribution >= 4 is 40.5 Å². The SMILES string of the molecule is C[C@H](CO)N1C(=O)[C@@H]2[C@H]3C(=O)N(C)CC=C[C@H]3S[C@@]23C=CCN(Cn2nnc4ccccc42)C(=O)C13. The van der Waals surface area contributed by atoms with E-state index in [4.69, 9.17) is 0 Å². The van der Waals surface area contributed by atoms with Gasteiger partial charge in [0.1, 0.15) is 18.2 Å². The minimum atomic E-state index is -0.899. The van der Waals surface area contributed by atoms with E-state index in [0.717, 1.165) is 11.0 Å². The highest BCUT2D eigenvalue weighted by Gasteiger charge is 2.71. The van der Waals surface area contributed by atoms with E-state index in [1.807, 2.05) is 48.6 Å². The molecule has 0 aliphatic carbocycles. The van der Waals surface area contributed by atoms with Crippen LogP contribution in [0.15, 0.2) is 48.6 Å². The molecule has 2 fully saturated rings. The number of carbonyl (C=O) groups is 3. The molecule has 10 nitrogen and oxygen atoms in total. The fraction of sp³-hybridized carbons (Fsp3) is 0.480. The van der Waals surface area contributed by atoms with Crippen LogP contribution in [0.2, 0.25) is 0 Å². The van der Waals surface area contributed by atoms with Crippen molar-refractivity contribution in [2.24, 2.45) is 11.8 Å². The number of hydrogen-bond acceptors (Lipinski definition) is 7. The number of para-hydroxylation sites is 1. The largest absolute Gasteiger partial charge is 0.394 e. The highest BCUT2D eigenvalue weighted by molar-refractivity contribution is 8.02. The Morgan fingerprint density at radius 2 is 1.94 bits per heavy atom. The van der Waals surface area contributed by atoms with E-state index < -0.39 is 28.7 Å². The molecule has 6 rings (SSSR count). The summed E-state index contributed by atoms with van der Waals surface area (Å²) in [5.74, 6) is -1.79. The highest BCUT2D eigenvalue weighted by Crippen LogP contribution is 2.61. The molecule has 4 aliphatic heterocycles. The minimum absolute atomic E-state index is 0.0824. The van der Waals surface area contributed by atoms with Gasteiger partial charge in [-0.3, -0.25) is 14.4 Å². The lowest BCUT2D eigenvalue weighted by atomic mass is 9.78. The number of likely N-dealkylation sites (tertiary alicyclic amines) is 1. The quantitative estimate of drug-likeness (QED) is 0.599. The van der Waals surface area contributed by atoms with Gasteiger partial charge >= 0.3 is 0 Å². The zero-order chi connectivity index (χ0) is 25.2. The molecule has 1 N–H and O–H groups in total. The summed E-state index contributed by atoms with van der Waals surface area (Å²) in [6, 6.07) is 6.14. The Balaban J connectivity index is 1.42. The molecule has 188 valence electrons. The average molecular weight is 509 g/mol. The van der Waals surface area contributed by atoms with Crippen molar-refractivity contribution in [1.82, 2.24) is 29.7 Å². The van der Waals surface area contributed by atoms with Crippen LogP contribution in [0.5, 0.6) is 0 Å². The molecule has 1 aromatic carbocycles. The summed E-state index contributed by atoms with van der Waals surface area (Å²) in [5, 5.41) is 18.3. The third-order valence-corrected chi connectivity index (χ3v) is 9.59. The molecule has 1 spiro atoms. The van der Waals surface area contributed by atoms with E-state index >= 15 is 0 Å². The molecule has 0 radical (unpaired) electrons. The first-order valence-electron chi connectivity index (χ1n) is 12.1. The van der Waals surface area contributed by atoms with Gasteiger partial charge in [-0.15, -0.1) is 16.9 Å². The number of thioether (sulfide) groups is 1. The zero-order valence-electron chi connectivity index (χ0n) is 20.1. The summed E-state index contributed by atoms with van der Waals surface area (Å²) in [4.78, 5) is 46.5. The average Bonchev–Trinajstić information content (AvgIpc) is 3.44. The molecule has 11 heteroatoms. The predicted molar refractivity (Wildman–Crippen MR) is 133 cm³/mol. The number of rotatable bonds is 4. The lowest BCUT2D eigenvalue weighted by molar-refractivity contribution is -0.146. The molecular formula is C25H28N6O4S. The Hall–Kier alpha value is -3.18. The van der Waals surface area contributed by atoms with Gasteiger partial charge in [-0.05, 0) is 19.1 Å². The third kappa shape index (κ3) is 3.18. The van der Waals surface area contributed by atoms with E-state index in [0.29, 0.717) is 13.1 Å². The topological polar surface area (TPSA) is 112 Å². The number of aliphatic hydroxyl groups excluding tert-OH is 1. The molecule has 0 bridgehead atoms. The Kier molecular flexibility index (Phi) is 5.45. The van der Waals surface area contributed by atoms with Crippen LogP contribution in [0.4, 0.5) is 0 Å². The van der Waals surface area contributed by atoms with Gasteiger partial charge < -0.3 is 19.8 Å². The van der Waals surface area contributed by atoms with Crippen LogP contribution < -0.4 is 0 Å². The number of nitrogens with zero attached hydrogens (tertiary/aromatic N) is 6. The van der Waals surface area contributed by atoms with Crippen molar-refractivity contribution in [3.63, 3.8) is 0 Å². The van der Waals surface area contributed by atoms with Crippen molar-refractivity contribution in [1.29, 1.82) is 0 Å². The summed E-state index contributed by atoms with van der Waals surface area (Å²) in [7, 11) is 1.74. The van der Waals surface area contributed by atoms with Gasteiger partial charge in [0.15, 0.2) is 0 Å².